The summed E-state index contributed by atoms with van der Waals surface area (Å²) in [5.41, 5.74) is 2.17. The second-order valence-electron chi connectivity index (χ2n) is 4.41. The second kappa shape index (κ2) is 7.45. The Balaban J connectivity index is 2.11. The number of amides is 1. The predicted octanol–water partition coefficient (Wildman–Crippen LogP) is 4.02. The van der Waals surface area contributed by atoms with Crippen molar-refractivity contribution in [2.45, 2.75) is 13.2 Å². The lowest BCUT2D eigenvalue weighted by Gasteiger charge is -2.09. The summed E-state index contributed by atoms with van der Waals surface area (Å²) in [6.07, 6.45) is 0. The lowest BCUT2D eigenvalue weighted by atomic mass is 10.1. The molecular weight excluding hydrogens is 424 g/mol. The predicted molar refractivity (Wildman–Crippen MR) is 92.7 cm³/mol. The van der Waals surface area contributed by atoms with Gasteiger partial charge < -0.3 is 10.4 Å². The van der Waals surface area contributed by atoms with E-state index < -0.39 is 0 Å². The SMILES string of the molecule is O=C(NCc1cccc(CO)c1)c1cc(Cl)cc(Cl)c1I. The summed E-state index contributed by atoms with van der Waals surface area (Å²) in [5.74, 6) is -0.238. The zero-order valence-electron chi connectivity index (χ0n) is 10.9. The summed E-state index contributed by atoms with van der Waals surface area (Å²) >= 11 is 14.0. The molecule has 0 aliphatic rings. The summed E-state index contributed by atoms with van der Waals surface area (Å²) in [4.78, 5) is 12.2. The highest BCUT2D eigenvalue weighted by Crippen LogP contribution is 2.26. The maximum absolute atomic E-state index is 12.2. The Morgan fingerprint density at radius 3 is 2.62 bits per heavy atom. The van der Waals surface area contributed by atoms with E-state index in [1.807, 2.05) is 46.9 Å². The van der Waals surface area contributed by atoms with Crippen molar-refractivity contribution in [3.05, 3.63) is 66.7 Å². The van der Waals surface area contributed by atoms with Crippen LogP contribution in [0.2, 0.25) is 10.0 Å². The molecule has 110 valence electrons. The average molecular weight is 436 g/mol. The van der Waals surface area contributed by atoms with Gasteiger partial charge in [0.25, 0.3) is 5.91 Å². The van der Waals surface area contributed by atoms with Crippen molar-refractivity contribution in [3.63, 3.8) is 0 Å². The molecule has 0 spiro atoms. The standard InChI is InChI=1S/C15H12Cl2INO2/c16-11-5-12(14(18)13(17)6-11)15(21)19-7-9-2-1-3-10(4-9)8-20/h1-6,20H,7-8H2,(H,19,21). The Morgan fingerprint density at radius 2 is 1.90 bits per heavy atom. The van der Waals surface area contributed by atoms with E-state index in [-0.39, 0.29) is 12.5 Å². The third-order valence-corrected chi connectivity index (χ3v) is 4.86. The normalized spacial score (nSPS) is 10.5. The number of nitrogens with one attached hydrogen (secondary N) is 1. The third kappa shape index (κ3) is 4.32. The molecule has 0 saturated heterocycles. The Labute approximate surface area is 146 Å². The van der Waals surface area contributed by atoms with E-state index in [1.54, 1.807) is 12.1 Å². The molecule has 2 N–H and O–H groups in total. The number of benzene rings is 2. The Morgan fingerprint density at radius 1 is 1.19 bits per heavy atom. The van der Waals surface area contributed by atoms with Gasteiger partial charge in [-0.05, 0) is 45.9 Å². The highest BCUT2D eigenvalue weighted by molar-refractivity contribution is 14.1. The molecule has 2 aromatic rings. The van der Waals surface area contributed by atoms with Gasteiger partial charge in [0, 0.05) is 15.1 Å². The van der Waals surface area contributed by atoms with E-state index in [2.05, 4.69) is 5.32 Å². The van der Waals surface area contributed by atoms with Crippen LogP contribution in [0.1, 0.15) is 21.5 Å². The molecule has 0 atom stereocenters. The molecule has 1 amide bonds. The maximum Gasteiger partial charge on any atom is 0.252 e. The minimum Gasteiger partial charge on any atom is -0.392 e. The molecule has 0 saturated carbocycles. The van der Waals surface area contributed by atoms with Gasteiger partial charge in [-0.25, -0.2) is 0 Å². The molecule has 0 heterocycles. The molecular formula is C15H12Cl2INO2. The fourth-order valence-corrected chi connectivity index (χ4v) is 2.89. The number of aliphatic hydroxyl groups excluding tert-OH is 1. The van der Waals surface area contributed by atoms with Gasteiger partial charge in [0.15, 0.2) is 0 Å². The third-order valence-electron chi connectivity index (χ3n) is 2.86. The highest BCUT2D eigenvalue weighted by Gasteiger charge is 2.13. The molecule has 3 nitrogen and oxygen atoms in total. The summed E-state index contributed by atoms with van der Waals surface area (Å²) in [5, 5.41) is 12.8. The first-order chi connectivity index (χ1) is 10.0. The lowest BCUT2D eigenvalue weighted by molar-refractivity contribution is 0.0950. The van der Waals surface area contributed by atoms with Gasteiger partial charge in [-0.3, -0.25) is 4.79 Å². The van der Waals surface area contributed by atoms with Gasteiger partial charge in [0.2, 0.25) is 0 Å². The molecule has 0 aliphatic heterocycles. The number of carbonyl (C=O) groups is 1. The van der Waals surface area contributed by atoms with E-state index in [0.717, 1.165) is 11.1 Å². The van der Waals surface area contributed by atoms with Crippen LogP contribution in [0, 0.1) is 3.57 Å². The summed E-state index contributed by atoms with van der Waals surface area (Å²) < 4.78 is 0.667. The Bertz CT molecular complexity index is 677. The Hall–Kier alpha value is -0.820. The van der Waals surface area contributed by atoms with Crippen molar-refractivity contribution in [1.29, 1.82) is 0 Å². The summed E-state index contributed by atoms with van der Waals surface area (Å²) in [6, 6.07) is 10.6. The fraction of sp³-hybridized carbons (Fsp3) is 0.133. The zero-order valence-corrected chi connectivity index (χ0v) is 14.5. The van der Waals surface area contributed by atoms with Crippen LogP contribution in [0.4, 0.5) is 0 Å². The summed E-state index contributed by atoms with van der Waals surface area (Å²) in [6.45, 7) is 0.344. The minimum absolute atomic E-state index is 0.0242. The molecule has 0 aromatic heterocycles. The molecule has 2 aromatic carbocycles. The molecule has 0 bridgehead atoms. The van der Waals surface area contributed by atoms with Gasteiger partial charge >= 0.3 is 0 Å². The van der Waals surface area contributed by atoms with Crippen LogP contribution in [-0.2, 0) is 13.2 Å². The van der Waals surface area contributed by atoms with Crippen molar-refractivity contribution >= 4 is 51.7 Å². The largest absolute Gasteiger partial charge is 0.392 e. The average Bonchev–Trinajstić information content (AvgIpc) is 2.48. The van der Waals surface area contributed by atoms with Gasteiger partial charge in [0.05, 0.1) is 17.2 Å². The smallest absolute Gasteiger partial charge is 0.252 e. The van der Waals surface area contributed by atoms with Crippen molar-refractivity contribution in [2.75, 3.05) is 0 Å². The van der Waals surface area contributed by atoms with E-state index >= 15 is 0 Å². The number of hydrogen-bond acceptors (Lipinski definition) is 2. The first kappa shape index (κ1) is 16.5. The second-order valence-corrected chi connectivity index (χ2v) is 6.33. The van der Waals surface area contributed by atoms with Crippen LogP contribution >= 0.6 is 45.8 Å². The molecule has 21 heavy (non-hydrogen) atoms. The lowest BCUT2D eigenvalue weighted by Crippen LogP contribution is -2.23. The molecule has 2 rings (SSSR count). The quantitative estimate of drug-likeness (QED) is 0.562. The van der Waals surface area contributed by atoms with Gasteiger partial charge in [-0.2, -0.15) is 0 Å². The Kier molecular flexibility index (Phi) is 5.87. The van der Waals surface area contributed by atoms with E-state index in [1.165, 1.54) is 0 Å². The van der Waals surface area contributed by atoms with Gasteiger partial charge in [-0.15, -0.1) is 0 Å². The van der Waals surface area contributed by atoms with Crippen LogP contribution in [0.25, 0.3) is 0 Å². The number of carbonyl (C=O) groups excluding carboxylic acids is 1. The fourth-order valence-electron chi connectivity index (χ4n) is 1.84. The maximum atomic E-state index is 12.2. The van der Waals surface area contributed by atoms with Crippen molar-refractivity contribution < 1.29 is 9.90 Å². The summed E-state index contributed by atoms with van der Waals surface area (Å²) in [7, 11) is 0. The topological polar surface area (TPSA) is 49.3 Å². The number of hydrogen-bond donors (Lipinski definition) is 2. The monoisotopic (exact) mass is 435 g/mol. The van der Waals surface area contributed by atoms with Crippen LogP contribution in [0.15, 0.2) is 36.4 Å². The van der Waals surface area contributed by atoms with Crippen LogP contribution < -0.4 is 5.32 Å². The molecule has 6 heteroatoms. The molecule has 0 fully saturated rings. The highest BCUT2D eigenvalue weighted by atomic mass is 127. The van der Waals surface area contributed by atoms with E-state index in [9.17, 15) is 4.79 Å². The van der Waals surface area contributed by atoms with E-state index in [0.29, 0.717) is 25.7 Å². The first-order valence-corrected chi connectivity index (χ1v) is 7.96. The van der Waals surface area contributed by atoms with Crippen LogP contribution in [0.5, 0.6) is 0 Å². The van der Waals surface area contributed by atoms with Gasteiger partial charge in [-0.1, -0.05) is 47.5 Å². The van der Waals surface area contributed by atoms with E-state index in [4.69, 9.17) is 28.3 Å². The van der Waals surface area contributed by atoms with Crippen LogP contribution in [-0.4, -0.2) is 11.0 Å². The van der Waals surface area contributed by atoms with Crippen molar-refractivity contribution in [3.8, 4) is 0 Å². The number of halogens is 3. The van der Waals surface area contributed by atoms with Crippen LogP contribution in [0.3, 0.4) is 0 Å². The minimum atomic E-state index is -0.238. The number of rotatable bonds is 4. The van der Waals surface area contributed by atoms with Crippen molar-refractivity contribution in [2.24, 2.45) is 0 Å². The molecule has 0 radical (unpaired) electrons. The number of aliphatic hydroxyl groups is 1. The van der Waals surface area contributed by atoms with Crippen molar-refractivity contribution in [1.82, 2.24) is 5.32 Å². The first-order valence-electron chi connectivity index (χ1n) is 6.12. The van der Waals surface area contributed by atoms with Gasteiger partial charge in [0.1, 0.15) is 0 Å². The zero-order chi connectivity index (χ0) is 15.4. The molecule has 0 unspecified atom stereocenters. The molecule has 0 aliphatic carbocycles.